The fourth-order valence-corrected chi connectivity index (χ4v) is 11.1. The van der Waals surface area contributed by atoms with E-state index in [4.69, 9.17) is 0 Å². The number of benzene rings is 8. The Morgan fingerprint density at radius 3 is 1.06 bits per heavy atom. The van der Waals surface area contributed by atoms with Gasteiger partial charge < -0.3 is 0 Å². The average Bonchev–Trinajstić information content (AvgIpc) is 3.69. The van der Waals surface area contributed by atoms with Gasteiger partial charge in [0, 0.05) is 5.41 Å². The first-order valence-electron chi connectivity index (χ1n) is 19.2. The number of aryl methyl sites for hydroxylation is 6. The van der Waals surface area contributed by atoms with E-state index in [1.54, 1.807) is 0 Å². The molecule has 3 aliphatic rings. The van der Waals surface area contributed by atoms with Crippen molar-refractivity contribution in [3.63, 3.8) is 0 Å². The molecule has 0 fully saturated rings. The van der Waals surface area contributed by atoms with Crippen molar-refractivity contribution < 1.29 is 0 Å². The van der Waals surface area contributed by atoms with Crippen molar-refractivity contribution in [2.24, 2.45) is 0 Å². The molecule has 0 N–H and O–H groups in total. The minimum absolute atomic E-state index is 0.122. The number of rotatable bonds is 2. The first kappa shape index (κ1) is 30.9. The first-order chi connectivity index (χ1) is 25.5. The lowest BCUT2D eigenvalue weighted by atomic mass is 9.80. The lowest BCUT2D eigenvalue weighted by Gasteiger charge is -2.23. The third kappa shape index (κ3) is 3.91. The molecule has 0 heterocycles. The third-order valence-corrected chi connectivity index (χ3v) is 13.1. The summed E-state index contributed by atoms with van der Waals surface area (Å²) in [6.45, 7) is 18.3. The molecule has 3 aliphatic carbocycles. The monoisotopic (exact) mass is 678 g/mol. The van der Waals surface area contributed by atoms with Crippen LogP contribution in [-0.2, 0) is 5.41 Å². The molecular weight excluding hydrogens is 637 g/mol. The minimum Gasteiger partial charge on any atom is -0.0610 e. The number of hydrogen-bond donors (Lipinski definition) is 0. The van der Waals surface area contributed by atoms with Gasteiger partial charge in [-0.2, -0.15) is 0 Å². The maximum absolute atomic E-state index is 2.54. The molecule has 0 unspecified atom stereocenters. The van der Waals surface area contributed by atoms with Crippen LogP contribution >= 0.6 is 0 Å². The van der Waals surface area contributed by atoms with Gasteiger partial charge in [-0.05, 0) is 199 Å². The zero-order valence-corrected chi connectivity index (χ0v) is 31.9. The van der Waals surface area contributed by atoms with Gasteiger partial charge in [-0.25, -0.2) is 0 Å². The molecule has 53 heavy (non-hydrogen) atoms. The summed E-state index contributed by atoms with van der Waals surface area (Å²) in [5.41, 5.74) is 29.9. The van der Waals surface area contributed by atoms with Gasteiger partial charge in [0.05, 0.1) is 0 Å². The molecule has 11 rings (SSSR count). The van der Waals surface area contributed by atoms with Gasteiger partial charge in [0.25, 0.3) is 0 Å². The largest absolute Gasteiger partial charge is 0.0610 e. The van der Waals surface area contributed by atoms with Crippen LogP contribution in [0.1, 0.15) is 58.4 Å². The Balaban J connectivity index is 1.10. The van der Waals surface area contributed by atoms with E-state index in [9.17, 15) is 0 Å². The van der Waals surface area contributed by atoms with Crippen LogP contribution < -0.4 is 0 Å². The van der Waals surface area contributed by atoms with E-state index in [0.29, 0.717) is 0 Å². The van der Waals surface area contributed by atoms with Crippen LogP contribution in [-0.4, -0.2) is 0 Å². The highest BCUT2D eigenvalue weighted by Crippen LogP contribution is 2.59. The normalized spacial score (nSPS) is 13.8. The van der Waals surface area contributed by atoms with Crippen molar-refractivity contribution in [3.8, 4) is 77.9 Å². The summed E-state index contributed by atoms with van der Waals surface area (Å²) in [6.07, 6.45) is 0. The maximum atomic E-state index is 2.54. The Labute approximate surface area is 312 Å². The summed E-state index contributed by atoms with van der Waals surface area (Å²) in [7, 11) is 0. The van der Waals surface area contributed by atoms with Gasteiger partial charge in [-0.3, -0.25) is 0 Å². The second kappa shape index (κ2) is 10.2. The van der Waals surface area contributed by atoms with Crippen molar-refractivity contribution in [2.45, 2.75) is 60.8 Å². The maximum Gasteiger partial charge on any atom is 0.0159 e. The fourth-order valence-electron chi connectivity index (χ4n) is 11.1. The van der Waals surface area contributed by atoms with Crippen LogP contribution in [0.2, 0.25) is 0 Å². The Morgan fingerprint density at radius 2 is 0.660 bits per heavy atom. The van der Waals surface area contributed by atoms with E-state index in [-0.39, 0.29) is 5.41 Å². The van der Waals surface area contributed by atoms with Crippen molar-refractivity contribution in [2.75, 3.05) is 0 Å². The summed E-state index contributed by atoms with van der Waals surface area (Å²) in [4.78, 5) is 0. The van der Waals surface area contributed by atoms with Crippen LogP contribution in [0, 0.1) is 41.5 Å². The van der Waals surface area contributed by atoms with E-state index in [2.05, 4.69) is 165 Å². The summed E-state index contributed by atoms with van der Waals surface area (Å²) in [5, 5.41) is 5.49. The third-order valence-electron chi connectivity index (χ3n) is 13.1. The highest BCUT2D eigenvalue weighted by Gasteiger charge is 2.40. The summed E-state index contributed by atoms with van der Waals surface area (Å²) in [5.74, 6) is 0. The summed E-state index contributed by atoms with van der Waals surface area (Å²) >= 11 is 0. The molecule has 8 aromatic carbocycles. The quantitative estimate of drug-likeness (QED) is 0.171. The number of hydrogen-bond acceptors (Lipinski definition) is 0. The van der Waals surface area contributed by atoms with E-state index in [1.165, 1.54) is 144 Å². The van der Waals surface area contributed by atoms with Crippen LogP contribution in [0.5, 0.6) is 0 Å². The Morgan fingerprint density at radius 1 is 0.321 bits per heavy atom. The molecule has 0 amide bonds. The Kier molecular flexibility index (Phi) is 5.96. The molecule has 0 bridgehead atoms. The molecule has 0 heteroatoms. The molecule has 0 spiro atoms. The fraction of sp³-hybridized carbons (Fsp3) is 0.170. The summed E-state index contributed by atoms with van der Waals surface area (Å²) in [6, 6.07) is 42.9. The van der Waals surface area contributed by atoms with E-state index in [1.807, 2.05) is 0 Å². The Bertz CT molecular complexity index is 2770. The lowest BCUT2D eigenvalue weighted by molar-refractivity contribution is 0.661. The van der Waals surface area contributed by atoms with Gasteiger partial charge in [0.1, 0.15) is 0 Å². The topological polar surface area (TPSA) is 0 Å². The highest BCUT2D eigenvalue weighted by molar-refractivity contribution is 6.21. The Hall–Kier alpha value is -5.72. The highest BCUT2D eigenvalue weighted by atomic mass is 14.4. The zero-order chi connectivity index (χ0) is 36.2. The van der Waals surface area contributed by atoms with Gasteiger partial charge in [-0.15, -0.1) is 0 Å². The van der Waals surface area contributed by atoms with Gasteiger partial charge in [-0.1, -0.05) is 110 Å². The van der Waals surface area contributed by atoms with Crippen LogP contribution in [0.25, 0.3) is 99.4 Å². The molecule has 8 aromatic rings. The predicted molar refractivity (Wildman–Crippen MR) is 227 cm³/mol. The van der Waals surface area contributed by atoms with Crippen molar-refractivity contribution in [1.82, 2.24) is 0 Å². The molecule has 0 nitrogen and oxygen atoms in total. The van der Waals surface area contributed by atoms with E-state index < -0.39 is 0 Å². The first-order valence-corrected chi connectivity index (χ1v) is 19.2. The number of fused-ring (bicyclic) bond motifs is 9. The van der Waals surface area contributed by atoms with E-state index in [0.717, 1.165) is 0 Å². The standard InChI is InChI=1S/C53H42/c1-27-19-29(3)49(30(4)20-27)37-15-17-39-43-25-47-45(23-41(43)35-13-9-11-33(37)51(35)39)46-24-42-36-14-10-12-34-38(50-31(5)21-28(2)22-32(50)6)16-18-40(52(34)36)44(42)26-48(46)53(47,7)8/h9-26H,1-8H3. The molecular formula is C53H42. The molecule has 0 aliphatic heterocycles. The summed E-state index contributed by atoms with van der Waals surface area (Å²) < 4.78 is 0. The smallest absolute Gasteiger partial charge is 0.0159 e. The zero-order valence-electron chi connectivity index (χ0n) is 31.9. The van der Waals surface area contributed by atoms with Crippen LogP contribution in [0.3, 0.4) is 0 Å². The predicted octanol–water partition coefficient (Wildman–Crippen LogP) is 14.8. The van der Waals surface area contributed by atoms with Crippen molar-refractivity contribution in [1.29, 1.82) is 0 Å². The molecule has 0 saturated heterocycles. The average molecular weight is 679 g/mol. The minimum atomic E-state index is -0.122. The van der Waals surface area contributed by atoms with Gasteiger partial charge in [0.2, 0.25) is 0 Å². The molecule has 0 saturated carbocycles. The SMILES string of the molecule is Cc1cc(C)c(-c2ccc3c4c(cccc24)-c2cc4c(cc2-3)C(C)(C)c2cc3c(cc2-4)-c2cccc4c(-c5c(C)cc(C)cc5C)ccc-3c24)c(C)c1. The molecule has 0 atom stereocenters. The second-order valence-corrected chi connectivity index (χ2v) is 16.8. The molecule has 254 valence electrons. The van der Waals surface area contributed by atoms with E-state index >= 15 is 0 Å². The van der Waals surface area contributed by atoms with Crippen LogP contribution in [0.4, 0.5) is 0 Å². The molecule has 0 radical (unpaired) electrons. The van der Waals surface area contributed by atoms with Gasteiger partial charge in [0.15, 0.2) is 0 Å². The van der Waals surface area contributed by atoms with Crippen molar-refractivity contribution in [3.05, 3.63) is 154 Å². The van der Waals surface area contributed by atoms with Gasteiger partial charge >= 0.3 is 0 Å². The molecule has 0 aromatic heterocycles. The lowest BCUT2D eigenvalue weighted by Crippen LogP contribution is -2.15. The second-order valence-electron chi connectivity index (χ2n) is 16.8. The van der Waals surface area contributed by atoms with Crippen molar-refractivity contribution >= 4 is 21.5 Å². The van der Waals surface area contributed by atoms with Crippen LogP contribution in [0.15, 0.2) is 109 Å².